The largest absolute Gasteiger partial charge is 0.207 e. The number of rotatable bonds is 3. The molecule has 0 unspecified atom stereocenters. The maximum atomic E-state index is 14.1. The van der Waals surface area contributed by atoms with Gasteiger partial charge in [0.1, 0.15) is 11.6 Å². The molecule has 23 heavy (non-hydrogen) atoms. The lowest BCUT2D eigenvalue weighted by Gasteiger charge is -2.43. The second-order valence-electron chi connectivity index (χ2n) is 6.00. The van der Waals surface area contributed by atoms with Gasteiger partial charge in [-0.2, -0.15) is 10.5 Å². The molecule has 2 nitrogen and oxygen atoms in total. The summed E-state index contributed by atoms with van der Waals surface area (Å²) in [6, 6.07) is 15.0. The van der Waals surface area contributed by atoms with Crippen molar-refractivity contribution in [2.24, 2.45) is 0 Å². The van der Waals surface area contributed by atoms with Crippen LogP contribution < -0.4 is 0 Å². The second kappa shape index (κ2) is 5.82. The van der Waals surface area contributed by atoms with Crippen LogP contribution in [-0.4, -0.2) is 0 Å². The van der Waals surface area contributed by atoms with E-state index in [1.807, 2.05) is 0 Å². The molecule has 0 aromatic heterocycles. The third kappa shape index (κ3) is 2.69. The van der Waals surface area contributed by atoms with E-state index in [2.05, 4.69) is 12.1 Å². The third-order valence-electron chi connectivity index (χ3n) is 4.58. The molecular formula is C19H14F2N2. The van der Waals surface area contributed by atoms with Gasteiger partial charge in [-0.25, -0.2) is 8.78 Å². The zero-order chi connectivity index (χ0) is 16.4. The van der Waals surface area contributed by atoms with Gasteiger partial charge >= 0.3 is 0 Å². The van der Waals surface area contributed by atoms with E-state index in [1.54, 1.807) is 24.3 Å². The van der Waals surface area contributed by atoms with Crippen LogP contribution in [0.2, 0.25) is 0 Å². The number of nitriles is 2. The second-order valence-corrected chi connectivity index (χ2v) is 6.00. The highest BCUT2D eigenvalue weighted by Crippen LogP contribution is 2.52. The van der Waals surface area contributed by atoms with Gasteiger partial charge in [0.25, 0.3) is 0 Å². The minimum atomic E-state index is -0.684. The molecule has 0 N–H and O–H groups in total. The first-order chi connectivity index (χ1) is 11.1. The molecule has 1 fully saturated rings. The third-order valence-corrected chi connectivity index (χ3v) is 4.58. The van der Waals surface area contributed by atoms with Gasteiger partial charge in [0.2, 0.25) is 0 Å². The zero-order valence-corrected chi connectivity index (χ0v) is 12.4. The van der Waals surface area contributed by atoms with Gasteiger partial charge in [0, 0.05) is 0 Å². The Kier molecular flexibility index (Phi) is 3.84. The molecule has 1 aliphatic carbocycles. The van der Waals surface area contributed by atoms with Gasteiger partial charge in [-0.05, 0) is 53.6 Å². The Balaban J connectivity index is 1.85. The lowest BCUT2D eigenvalue weighted by atomic mass is 9.57. The molecule has 2 aromatic carbocycles. The Morgan fingerprint density at radius 3 is 2.35 bits per heavy atom. The Hall–Kier alpha value is -2.72. The van der Waals surface area contributed by atoms with Crippen LogP contribution in [0.1, 0.15) is 35.4 Å². The van der Waals surface area contributed by atoms with E-state index in [0.717, 1.165) is 11.1 Å². The van der Waals surface area contributed by atoms with E-state index in [9.17, 15) is 14.0 Å². The Labute approximate surface area is 133 Å². The zero-order valence-electron chi connectivity index (χ0n) is 12.4. The van der Waals surface area contributed by atoms with Crippen LogP contribution >= 0.6 is 0 Å². The normalized spacial score (nSPS) is 22.7. The van der Waals surface area contributed by atoms with Crippen molar-refractivity contribution in [1.29, 1.82) is 10.5 Å². The van der Waals surface area contributed by atoms with Crippen LogP contribution in [-0.2, 0) is 11.8 Å². The fraction of sp³-hybridized carbons (Fsp3) is 0.263. The number of nitrogens with zero attached hydrogens (tertiary/aromatic N) is 2. The average molecular weight is 308 g/mol. The highest BCUT2D eigenvalue weighted by molar-refractivity contribution is 5.41. The molecule has 0 radical (unpaired) electrons. The van der Waals surface area contributed by atoms with Crippen molar-refractivity contribution in [3.05, 3.63) is 70.8 Å². The van der Waals surface area contributed by atoms with Crippen molar-refractivity contribution in [3.63, 3.8) is 0 Å². The fourth-order valence-electron chi connectivity index (χ4n) is 3.27. The molecule has 0 heterocycles. The summed E-state index contributed by atoms with van der Waals surface area (Å²) in [7, 11) is 0. The van der Waals surface area contributed by atoms with Crippen LogP contribution in [0, 0.1) is 34.3 Å². The highest BCUT2D eigenvalue weighted by atomic mass is 19.1. The molecule has 0 spiro atoms. The van der Waals surface area contributed by atoms with Crippen molar-refractivity contribution >= 4 is 0 Å². The summed E-state index contributed by atoms with van der Waals surface area (Å²) in [6.07, 6.45) is 1.24. The van der Waals surface area contributed by atoms with Gasteiger partial charge in [0.15, 0.2) is 0 Å². The van der Waals surface area contributed by atoms with Gasteiger partial charge in [-0.3, -0.25) is 0 Å². The Morgan fingerprint density at radius 1 is 1.04 bits per heavy atom. The van der Waals surface area contributed by atoms with E-state index in [0.29, 0.717) is 18.4 Å². The molecule has 114 valence electrons. The number of hydrogen-bond acceptors (Lipinski definition) is 2. The summed E-state index contributed by atoms with van der Waals surface area (Å²) < 4.78 is 27.1. The van der Waals surface area contributed by atoms with E-state index in [1.165, 1.54) is 18.2 Å². The topological polar surface area (TPSA) is 47.6 Å². The fourth-order valence-corrected chi connectivity index (χ4v) is 3.27. The summed E-state index contributed by atoms with van der Waals surface area (Å²) >= 11 is 0. The minimum absolute atomic E-state index is 0.0571. The molecule has 0 saturated heterocycles. The summed E-state index contributed by atoms with van der Waals surface area (Å²) in [4.78, 5) is 0. The monoisotopic (exact) mass is 308 g/mol. The molecule has 0 bridgehead atoms. The summed E-state index contributed by atoms with van der Waals surface area (Å²) in [5.74, 6) is -0.700. The van der Waals surface area contributed by atoms with Crippen molar-refractivity contribution in [2.45, 2.75) is 30.6 Å². The molecule has 3 rings (SSSR count). The number of benzene rings is 2. The molecule has 0 amide bonds. The predicted molar refractivity (Wildman–Crippen MR) is 81.4 cm³/mol. The van der Waals surface area contributed by atoms with Crippen molar-refractivity contribution < 1.29 is 8.78 Å². The maximum Gasteiger partial charge on any atom is 0.126 e. The van der Waals surface area contributed by atoms with Crippen molar-refractivity contribution in [1.82, 2.24) is 0 Å². The van der Waals surface area contributed by atoms with E-state index < -0.39 is 5.41 Å². The lowest BCUT2D eigenvalue weighted by molar-refractivity contribution is 0.264. The smallest absolute Gasteiger partial charge is 0.126 e. The van der Waals surface area contributed by atoms with Gasteiger partial charge in [-0.1, -0.05) is 24.3 Å². The molecule has 1 saturated carbocycles. The highest BCUT2D eigenvalue weighted by Gasteiger charge is 2.47. The van der Waals surface area contributed by atoms with Crippen molar-refractivity contribution in [3.8, 4) is 12.1 Å². The SMILES string of the molecule is N#CCc1ccc(F)c(C2CC(C#N)(c3ccc(F)cc3)C2)c1. The maximum absolute atomic E-state index is 14.1. The first-order valence-electron chi connectivity index (χ1n) is 7.40. The van der Waals surface area contributed by atoms with Crippen LogP contribution in [0.3, 0.4) is 0 Å². The van der Waals surface area contributed by atoms with E-state index >= 15 is 0 Å². The number of halogens is 2. The Morgan fingerprint density at radius 2 is 1.74 bits per heavy atom. The first-order valence-corrected chi connectivity index (χ1v) is 7.40. The van der Waals surface area contributed by atoms with Crippen LogP contribution in [0.5, 0.6) is 0 Å². The number of hydrogen-bond donors (Lipinski definition) is 0. The quantitative estimate of drug-likeness (QED) is 0.845. The van der Waals surface area contributed by atoms with Gasteiger partial charge < -0.3 is 0 Å². The predicted octanol–water partition coefficient (Wildman–Crippen LogP) is 4.37. The average Bonchev–Trinajstić information content (AvgIpc) is 2.51. The first kappa shape index (κ1) is 15.2. The summed E-state index contributed by atoms with van der Waals surface area (Å²) in [5, 5.41) is 18.3. The molecule has 0 atom stereocenters. The van der Waals surface area contributed by atoms with Gasteiger partial charge in [0.05, 0.1) is 24.0 Å². The van der Waals surface area contributed by atoms with E-state index in [-0.39, 0.29) is 24.0 Å². The van der Waals surface area contributed by atoms with E-state index in [4.69, 9.17) is 5.26 Å². The summed E-state index contributed by atoms with van der Waals surface area (Å²) in [6.45, 7) is 0. The minimum Gasteiger partial charge on any atom is -0.207 e. The Bertz CT molecular complexity index is 807. The molecular weight excluding hydrogens is 294 g/mol. The molecule has 4 heteroatoms. The molecule has 0 aliphatic heterocycles. The molecule has 2 aromatic rings. The van der Waals surface area contributed by atoms with Crippen molar-refractivity contribution in [2.75, 3.05) is 0 Å². The van der Waals surface area contributed by atoms with Crippen LogP contribution in [0.15, 0.2) is 42.5 Å². The summed E-state index contributed by atoms with van der Waals surface area (Å²) in [5.41, 5.74) is 1.42. The van der Waals surface area contributed by atoms with Crippen LogP contribution in [0.4, 0.5) is 8.78 Å². The lowest BCUT2D eigenvalue weighted by Crippen LogP contribution is -2.39. The standard InChI is InChI=1S/C19H14F2N2/c20-16-4-2-15(3-5-16)19(12-23)10-14(11-19)17-9-13(7-8-22)1-6-18(17)21/h1-6,9,14H,7,10-11H2. The van der Waals surface area contributed by atoms with Crippen LogP contribution in [0.25, 0.3) is 0 Å². The molecule has 1 aliphatic rings. The van der Waals surface area contributed by atoms with Gasteiger partial charge in [-0.15, -0.1) is 0 Å².